The second-order valence-electron chi connectivity index (χ2n) is 4.87. The Morgan fingerprint density at radius 3 is 2.94 bits per heavy atom. The third kappa shape index (κ3) is 5.27. The van der Waals surface area contributed by atoms with Gasteiger partial charge in [-0.05, 0) is 37.4 Å². The highest BCUT2D eigenvalue weighted by atomic mass is 16.1. The number of nitrogens with zero attached hydrogens (tertiary/aromatic N) is 1. The van der Waals surface area contributed by atoms with Gasteiger partial charge >= 0.3 is 0 Å². The monoisotopic (exact) mass is 249 g/mol. The molecule has 4 heteroatoms. The van der Waals surface area contributed by atoms with Gasteiger partial charge in [0.2, 0.25) is 0 Å². The van der Waals surface area contributed by atoms with Gasteiger partial charge in [0.05, 0.1) is 0 Å². The van der Waals surface area contributed by atoms with Crippen molar-refractivity contribution in [1.82, 2.24) is 10.3 Å². The van der Waals surface area contributed by atoms with Crippen LogP contribution in [0.15, 0.2) is 18.3 Å². The van der Waals surface area contributed by atoms with Crippen LogP contribution in [-0.4, -0.2) is 24.0 Å². The molecule has 0 bridgehead atoms. The van der Waals surface area contributed by atoms with E-state index >= 15 is 0 Å². The minimum atomic E-state index is -0.0283. The maximum absolute atomic E-state index is 11.9. The molecule has 1 amide bonds. The molecule has 0 radical (unpaired) electrons. The van der Waals surface area contributed by atoms with Gasteiger partial charge in [0.25, 0.3) is 5.91 Å². The molecule has 1 aromatic heterocycles. The number of carbonyl (C=O) groups is 1. The van der Waals surface area contributed by atoms with Crippen LogP contribution in [0.4, 0.5) is 0 Å². The summed E-state index contributed by atoms with van der Waals surface area (Å²) in [6.07, 6.45) is 4.52. The summed E-state index contributed by atoms with van der Waals surface area (Å²) >= 11 is 0. The highest BCUT2D eigenvalue weighted by Gasteiger charge is 2.06. The number of rotatable bonds is 7. The topological polar surface area (TPSA) is 68.0 Å². The Hall–Kier alpha value is -1.42. The summed E-state index contributed by atoms with van der Waals surface area (Å²) in [6, 6.07) is 3.54. The SMILES string of the molecule is CC(C)CCCNC(=O)c1ccnc(CCN)c1. The normalized spacial score (nSPS) is 10.7. The molecule has 1 heterocycles. The van der Waals surface area contributed by atoms with Gasteiger partial charge in [0, 0.05) is 30.4 Å². The number of nitrogens with one attached hydrogen (secondary N) is 1. The van der Waals surface area contributed by atoms with Gasteiger partial charge in [-0.25, -0.2) is 0 Å². The molecule has 0 spiro atoms. The quantitative estimate of drug-likeness (QED) is 0.723. The third-order valence-corrected chi connectivity index (χ3v) is 2.72. The average Bonchev–Trinajstić information content (AvgIpc) is 2.35. The Bertz CT molecular complexity index is 377. The van der Waals surface area contributed by atoms with E-state index in [2.05, 4.69) is 24.1 Å². The van der Waals surface area contributed by atoms with Crippen LogP contribution in [0.5, 0.6) is 0 Å². The van der Waals surface area contributed by atoms with E-state index in [1.165, 1.54) is 0 Å². The predicted octanol–water partition coefficient (Wildman–Crippen LogP) is 1.75. The number of pyridine rings is 1. The molecule has 100 valence electrons. The van der Waals surface area contributed by atoms with Crippen LogP contribution in [0.1, 0.15) is 42.7 Å². The zero-order chi connectivity index (χ0) is 13.4. The summed E-state index contributed by atoms with van der Waals surface area (Å²) in [6.45, 7) is 5.64. The Balaban J connectivity index is 2.43. The molecule has 4 nitrogen and oxygen atoms in total. The molecule has 0 saturated carbocycles. The lowest BCUT2D eigenvalue weighted by Gasteiger charge is -2.07. The maximum Gasteiger partial charge on any atom is 0.251 e. The predicted molar refractivity (Wildman–Crippen MR) is 73.4 cm³/mol. The van der Waals surface area contributed by atoms with E-state index < -0.39 is 0 Å². The van der Waals surface area contributed by atoms with Crippen LogP contribution in [0, 0.1) is 5.92 Å². The number of hydrogen-bond acceptors (Lipinski definition) is 3. The van der Waals surface area contributed by atoms with Crippen molar-refractivity contribution in [2.45, 2.75) is 33.1 Å². The first kappa shape index (κ1) is 14.6. The highest BCUT2D eigenvalue weighted by molar-refractivity contribution is 5.94. The van der Waals surface area contributed by atoms with Crippen molar-refractivity contribution in [2.24, 2.45) is 11.7 Å². The molecule has 0 unspecified atom stereocenters. The maximum atomic E-state index is 11.9. The lowest BCUT2D eigenvalue weighted by atomic mass is 10.1. The lowest BCUT2D eigenvalue weighted by molar-refractivity contribution is 0.0952. The Morgan fingerprint density at radius 2 is 2.28 bits per heavy atom. The first-order valence-corrected chi connectivity index (χ1v) is 6.56. The summed E-state index contributed by atoms with van der Waals surface area (Å²) in [5.74, 6) is 0.651. The fourth-order valence-corrected chi connectivity index (χ4v) is 1.72. The Kier molecular flexibility index (Phi) is 6.36. The standard InChI is InChI=1S/C14H23N3O/c1-11(2)4-3-8-17-14(18)12-6-9-16-13(10-12)5-7-15/h6,9-11H,3-5,7-8,15H2,1-2H3,(H,17,18). The van der Waals surface area contributed by atoms with Gasteiger partial charge in [-0.1, -0.05) is 13.8 Å². The average molecular weight is 249 g/mol. The van der Waals surface area contributed by atoms with Crippen molar-refractivity contribution in [3.05, 3.63) is 29.6 Å². The van der Waals surface area contributed by atoms with E-state index in [-0.39, 0.29) is 5.91 Å². The molecule has 0 aliphatic carbocycles. The van der Waals surface area contributed by atoms with E-state index in [4.69, 9.17) is 5.73 Å². The Labute approximate surface area is 109 Å². The lowest BCUT2D eigenvalue weighted by Crippen LogP contribution is -2.25. The number of carbonyl (C=O) groups excluding carboxylic acids is 1. The molecular formula is C14H23N3O. The van der Waals surface area contributed by atoms with Crippen molar-refractivity contribution in [3.63, 3.8) is 0 Å². The van der Waals surface area contributed by atoms with E-state index in [9.17, 15) is 4.79 Å². The minimum Gasteiger partial charge on any atom is -0.352 e. The van der Waals surface area contributed by atoms with Crippen LogP contribution in [-0.2, 0) is 6.42 Å². The van der Waals surface area contributed by atoms with E-state index in [1.807, 2.05) is 6.07 Å². The third-order valence-electron chi connectivity index (χ3n) is 2.72. The number of aromatic nitrogens is 1. The van der Waals surface area contributed by atoms with E-state index in [0.717, 1.165) is 25.1 Å². The largest absolute Gasteiger partial charge is 0.352 e. The van der Waals surface area contributed by atoms with Crippen molar-refractivity contribution < 1.29 is 4.79 Å². The van der Waals surface area contributed by atoms with E-state index in [1.54, 1.807) is 12.3 Å². The molecular weight excluding hydrogens is 226 g/mol. The molecule has 18 heavy (non-hydrogen) atoms. The molecule has 0 saturated heterocycles. The zero-order valence-corrected chi connectivity index (χ0v) is 11.3. The summed E-state index contributed by atoms with van der Waals surface area (Å²) in [5.41, 5.74) is 7.01. The summed E-state index contributed by atoms with van der Waals surface area (Å²) in [5, 5.41) is 2.93. The summed E-state index contributed by atoms with van der Waals surface area (Å²) in [7, 11) is 0. The van der Waals surface area contributed by atoms with Crippen LogP contribution in [0.3, 0.4) is 0 Å². The Morgan fingerprint density at radius 1 is 1.50 bits per heavy atom. The molecule has 3 N–H and O–H groups in total. The zero-order valence-electron chi connectivity index (χ0n) is 11.3. The van der Waals surface area contributed by atoms with Crippen molar-refractivity contribution >= 4 is 5.91 Å². The van der Waals surface area contributed by atoms with Crippen molar-refractivity contribution in [3.8, 4) is 0 Å². The molecule has 0 aromatic carbocycles. The van der Waals surface area contributed by atoms with Crippen LogP contribution < -0.4 is 11.1 Å². The first-order chi connectivity index (χ1) is 8.63. The fraction of sp³-hybridized carbons (Fsp3) is 0.571. The number of hydrogen-bond donors (Lipinski definition) is 2. The molecule has 0 aliphatic rings. The van der Waals surface area contributed by atoms with Crippen LogP contribution in [0.25, 0.3) is 0 Å². The van der Waals surface area contributed by atoms with Crippen LogP contribution in [0.2, 0.25) is 0 Å². The van der Waals surface area contributed by atoms with Gasteiger partial charge in [0.1, 0.15) is 0 Å². The summed E-state index contributed by atoms with van der Waals surface area (Å²) < 4.78 is 0. The smallest absolute Gasteiger partial charge is 0.251 e. The van der Waals surface area contributed by atoms with Crippen molar-refractivity contribution in [1.29, 1.82) is 0 Å². The van der Waals surface area contributed by atoms with Gasteiger partial charge in [-0.3, -0.25) is 9.78 Å². The summed E-state index contributed by atoms with van der Waals surface area (Å²) in [4.78, 5) is 16.0. The number of nitrogens with two attached hydrogens (primary N) is 1. The van der Waals surface area contributed by atoms with Gasteiger partial charge in [-0.15, -0.1) is 0 Å². The van der Waals surface area contributed by atoms with E-state index in [0.29, 0.717) is 24.4 Å². The first-order valence-electron chi connectivity index (χ1n) is 6.56. The van der Waals surface area contributed by atoms with Gasteiger partial charge < -0.3 is 11.1 Å². The van der Waals surface area contributed by atoms with Crippen LogP contribution >= 0.6 is 0 Å². The number of amides is 1. The molecule has 0 aliphatic heterocycles. The fourth-order valence-electron chi connectivity index (χ4n) is 1.72. The van der Waals surface area contributed by atoms with Gasteiger partial charge in [-0.2, -0.15) is 0 Å². The molecule has 1 aromatic rings. The highest BCUT2D eigenvalue weighted by Crippen LogP contribution is 2.04. The van der Waals surface area contributed by atoms with Gasteiger partial charge in [0.15, 0.2) is 0 Å². The second-order valence-corrected chi connectivity index (χ2v) is 4.87. The molecule has 1 rings (SSSR count). The molecule has 0 atom stereocenters. The molecule has 0 fully saturated rings. The minimum absolute atomic E-state index is 0.0283. The second kappa shape index (κ2) is 7.82. The van der Waals surface area contributed by atoms with Crippen molar-refractivity contribution in [2.75, 3.05) is 13.1 Å².